The number of hydrogen-bond donors (Lipinski definition) is 1. The van der Waals surface area contributed by atoms with Gasteiger partial charge in [-0.3, -0.25) is 19.8 Å². The monoisotopic (exact) mass is 428 g/mol. The number of nitrogens with zero attached hydrogens (tertiary/aromatic N) is 1. The fourth-order valence-electron chi connectivity index (χ4n) is 3.38. The quantitative estimate of drug-likeness (QED) is 0.364. The van der Waals surface area contributed by atoms with Gasteiger partial charge in [0.15, 0.2) is 5.11 Å². The van der Waals surface area contributed by atoms with Crippen molar-refractivity contribution in [3.63, 3.8) is 0 Å². The van der Waals surface area contributed by atoms with E-state index in [9.17, 15) is 9.59 Å². The molecule has 1 aliphatic rings. The molecule has 5 nitrogen and oxygen atoms in total. The minimum Gasteiger partial charge on any atom is -0.457 e. The van der Waals surface area contributed by atoms with Crippen LogP contribution in [0.15, 0.2) is 78.4 Å². The molecule has 1 fully saturated rings. The van der Waals surface area contributed by atoms with E-state index >= 15 is 0 Å². The lowest BCUT2D eigenvalue weighted by molar-refractivity contribution is -0.122. The largest absolute Gasteiger partial charge is 0.457 e. The summed E-state index contributed by atoms with van der Waals surface area (Å²) in [5.74, 6) is 0.373. The van der Waals surface area contributed by atoms with Crippen molar-refractivity contribution in [2.75, 3.05) is 4.90 Å². The van der Waals surface area contributed by atoms with Crippen molar-refractivity contribution >= 4 is 40.9 Å². The Morgan fingerprint density at radius 3 is 2.10 bits per heavy atom. The number of amides is 2. The number of thiocarbonyl (C=S) groups is 1. The first kappa shape index (κ1) is 20.5. The Bertz CT molecular complexity index is 1180. The highest BCUT2D eigenvalue weighted by atomic mass is 32.1. The Morgan fingerprint density at radius 1 is 0.839 bits per heavy atom. The highest BCUT2D eigenvalue weighted by Crippen LogP contribution is 2.27. The molecular formula is C25H20N2O3S. The third-order valence-electron chi connectivity index (χ3n) is 5.01. The van der Waals surface area contributed by atoms with Gasteiger partial charge in [-0.2, -0.15) is 0 Å². The average molecular weight is 429 g/mol. The van der Waals surface area contributed by atoms with Crippen molar-refractivity contribution in [2.24, 2.45) is 0 Å². The molecule has 0 aliphatic carbocycles. The number of carbonyl (C=O) groups is 2. The van der Waals surface area contributed by atoms with Crippen LogP contribution in [0.5, 0.6) is 11.5 Å². The summed E-state index contributed by atoms with van der Waals surface area (Å²) in [7, 11) is 0. The molecule has 0 atom stereocenters. The zero-order valence-corrected chi connectivity index (χ0v) is 17.9. The van der Waals surface area contributed by atoms with Crippen LogP contribution in [-0.2, 0) is 9.59 Å². The van der Waals surface area contributed by atoms with Gasteiger partial charge < -0.3 is 4.74 Å². The molecule has 2 amide bonds. The van der Waals surface area contributed by atoms with E-state index in [0.717, 1.165) is 16.7 Å². The maximum absolute atomic E-state index is 13.2. The number of ether oxygens (including phenoxy) is 1. The molecule has 0 bridgehead atoms. The molecule has 4 rings (SSSR count). The minimum atomic E-state index is -0.502. The van der Waals surface area contributed by atoms with Crippen molar-refractivity contribution in [2.45, 2.75) is 13.8 Å². The third kappa shape index (κ3) is 4.25. The summed E-state index contributed by atoms with van der Waals surface area (Å²) in [4.78, 5) is 27.1. The summed E-state index contributed by atoms with van der Waals surface area (Å²) in [5.41, 5.74) is 3.39. The number of carbonyl (C=O) groups excluding carboxylic acids is 2. The van der Waals surface area contributed by atoms with Crippen LogP contribution in [0, 0.1) is 13.8 Å². The van der Waals surface area contributed by atoms with Gasteiger partial charge in [-0.25, -0.2) is 0 Å². The molecule has 1 N–H and O–H groups in total. The van der Waals surface area contributed by atoms with Gasteiger partial charge in [-0.1, -0.05) is 36.4 Å². The number of anilines is 1. The second-order valence-corrected chi connectivity index (χ2v) is 7.56. The van der Waals surface area contributed by atoms with Crippen LogP contribution in [0.2, 0.25) is 0 Å². The van der Waals surface area contributed by atoms with Gasteiger partial charge in [0, 0.05) is 0 Å². The van der Waals surface area contributed by atoms with E-state index in [1.54, 1.807) is 30.3 Å². The van der Waals surface area contributed by atoms with Crippen LogP contribution in [-0.4, -0.2) is 16.9 Å². The predicted molar refractivity (Wildman–Crippen MR) is 125 cm³/mol. The standard InChI is InChI=1S/C25H20N2O3S/c1-16-7-6-8-17(2)21(16)15-22-23(28)26-25(31)27(24(22)29)18-11-13-20(14-12-18)30-19-9-4-3-5-10-19/h3-15H,1-2H3,(H,26,28,31)/b22-15+. The molecule has 3 aromatic carbocycles. The number of nitrogens with one attached hydrogen (secondary N) is 1. The molecule has 0 radical (unpaired) electrons. The molecule has 1 saturated heterocycles. The molecule has 0 spiro atoms. The van der Waals surface area contributed by atoms with Crippen LogP contribution in [0.3, 0.4) is 0 Å². The van der Waals surface area contributed by atoms with Crippen molar-refractivity contribution < 1.29 is 14.3 Å². The Balaban J connectivity index is 1.63. The van der Waals surface area contributed by atoms with Gasteiger partial charge in [-0.05, 0) is 85.2 Å². The summed E-state index contributed by atoms with van der Waals surface area (Å²) < 4.78 is 5.80. The summed E-state index contributed by atoms with van der Waals surface area (Å²) in [6.07, 6.45) is 1.63. The van der Waals surface area contributed by atoms with Crippen molar-refractivity contribution in [3.05, 3.63) is 95.1 Å². The maximum atomic E-state index is 13.2. The van der Waals surface area contributed by atoms with E-state index < -0.39 is 11.8 Å². The Morgan fingerprint density at radius 2 is 1.45 bits per heavy atom. The van der Waals surface area contributed by atoms with Gasteiger partial charge in [0.1, 0.15) is 17.1 Å². The molecule has 6 heteroatoms. The predicted octanol–water partition coefficient (Wildman–Crippen LogP) is 4.93. The second-order valence-electron chi connectivity index (χ2n) is 7.17. The Labute approximate surface area is 186 Å². The molecule has 1 aliphatic heterocycles. The van der Waals surface area contributed by atoms with Crippen LogP contribution in [0.25, 0.3) is 6.08 Å². The smallest absolute Gasteiger partial charge is 0.270 e. The zero-order chi connectivity index (χ0) is 22.0. The fraction of sp³-hybridized carbons (Fsp3) is 0.0800. The van der Waals surface area contributed by atoms with Crippen molar-refractivity contribution in [1.82, 2.24) is 5.32 Å². The highest BCUT2D eigenvalue weighted by Gasteiger charge is 2.34. The number of benzene rings is 3. The van der Waals surface area contributed by atoms with E-state index in [1.165, 1.54) is 4.90 Å². The SMILES string of the molecule is Cc1cccc(C)c1/C=C1\C(=O)NC(=S)N(c2ccc(Oc3ccccc3)cc2)C1=O. The zero-order valence-electron chi connectivity index (χ0n) is 17.1. The Kier molecular flexibility index (Phi) is 5.64. The minimum absolute atomic E-state index is 0.0376. The second kappa shape index (κ2) is 8.53. The lowest BCUT2D eigenvalue weighted by Crippen LogP contribution is -2.54. The van der Waals surface area contributed by atoms with Crippen molar-refractivity contribution in [3.8, 4) is 11.5 Å². The van der Waals surface area contributed by atoms with E-state index in [2.05, 4.69) is 5.32 Å². The molecule has 0 unspecified atom stereocenters. The van der Waals surface area contributed by atoms with Gasteiger partial charge in [0.05, 0.1) is 5.69 Å². The number of hydrogen-bond acceptors (Lipinski definition) is 4. The molecule has 154 valence electrons. The van der Waals surface area contributed by atoms with Crippen LogP contribution in [0.1, 0.15) is 16.7 Å². The third-order valence-corrected chi connectivity index (χ3v) is 5.29. The van der Waals surface area contributed by atoms with Crippen LogP contribution < -0.4 is 15.0 Å². The first-order valence-electron chi connectivity index (χ1n) is 9.74. The Hall–Kier alpha value is -3.77. The molecular weight excluding hydrogens is 408 g/mol. The number of para-hydroxylation sites is 1. The maximum Gasteiger partial charge on any atom is 0.270 e. The van der Waals surface area contributed by atoms with Gasteiger partial charge in [0.25, 0.3) is 11.8 Å². The van der Waals surface area contributed by atoms with Crippen LogP contribution >= 0.6 is 12.2 Å². The first-order chi connectivity index (χ1) is 14.9. The van der Waals surface area contributed by atoms with Gasteiger partial charge in [0.2, 0.25) is 0 Å². The van der Waals surface area contributed by atoms with E-state index in [-0.39, 0.29) is 10.7 Å². The lowest BCUT2D eigenvalue weighted by Gasteiger charge is -2.29. The summed E-state index contributed by atoms with van der Waals surface area (Å²) in [6.45, 7) is 3.89. The molecule has 31 heavy (non-hydrogen) atoms. The summed E-state index contributed by atoms with van der Waals surface area (Å²) in [6, 6.07) is 22.2. The van der Waals surface area contributed by atoms with E-state index in [1.807, 2.05) is 62.4 Å². The van der Waals surface area contributed by atoms with Crippen molar-refractivity contribution in [1.29, 1.82) is 0 Å². The molecule has 0 aromatic heterocycles. The normalized spacial score (nSPS) is 15.2. The molecule has 1 heterocycles. The van der Waals surface area contributed by atoms with E-state index in [0.29, 0.717) is 17.2 Å². The lowest BCUT2D eigenvalue weighted by atomic mass is 9.99. The first-order valence-corrected chi connectivity index (χ1v) is 10.2. The molecule has 0 saturated carbocycles. The van der Waals surface area contributed by atoms with Gasteiger partial charge in [-0.15, -0.1) is 0 Å². The number of rotatable bonds is 4. The van der Waals surface area contributed by atoms with E-state index in [4.69, 9.17) is 17.0 Å². The van der Waals surface area contributed by atoms with Gasteiger partial charge >= 0.3 is 0 Å². The van der Waals surface area contributed by atoms with Crippen LogP contribution in [0.4, 0.5) is 5.69 Å². The summed E-state index contributed by atoms with van der Waals surface area (Å²) >= 11 is 5.28. The summed E-state index contributed by atoms with van der Waals surface area (Å²) in [5, 5.41) is 2.67. The number of aryl methyl sites for hydroxylation is 2. The highest BCUT2D eigenvalue weighted by molar-refractivity contribution is 7.80. The topological polar surface area (TPSA) is 58.6 Å². The molecule has 3 aromatic rings. The fourth-order valence-corrected chi connectivity index (χ4v) is 3.66. The average Bonchev–Trinajstić information content (AvgIpc) is 2.75.